The lowest BCUT2D eigenvalue weighted by molar-refractivity contribution is -0.146. The van der Waals surface area contributed by atoms with Crippen molar-refractivity contribution in [2.45, 2.75) is 24.2 Å². The number of aromatic nitrogens is 2. The van der Waals surface area contributed by atoms with Crippen molar-refractivity contribution in [1.29, 1.82) is 0 Å². The molecular weight excluding hydrogens is 332 g/mol. The summed E-state index contributed by atoms with van der Waals surface area (Å²) in [6.45, 7) is 2.42. The fraction of sp³-hybridized carbons (Fsp3) is 0.733. The maximum atomic E-state index is 12.9. The Bertz CT molecular complexity index is 717. The number of sulfonamides is 1. The van der Waals surface area contributed by atoms with E-state index in [2.05, 4.69) is 5.10 Å². The van der Waals surface area contributed by atoms with E-state index in [1.807, 2.05) is 4.90 Å². The zero-order chi connectivity index (χ0) is 17.4. The Kier molecular flexibility index (Phi) is 4.67. The van der Waals surface area contributed by atoms with Crippen LogP contribution < -0.4 is 0 Å². The van der Waals surface area contributed by atoms with Gasteiger partial charge in [0.1, 0.15) is 4.90 Å². The Labute approximate surface area is 142 Å². The van der Waals surface area contributed by atoms with E-state index in [4.69, 9.17) is 4.74 Å². The lowest BCUT2D eigenvalue weighted by Gasteiger charge is -2.39. The number of rotatable bonds is 5. The number of carbonyl (C=O) groups excluding carboxylic acids is 1. The molecule has 134 valence electrons. The molecule has 3 heterocycles. The van der Waals surface area contributed by atoms with E-state index in [1.165, 1.54) is 21.4 Å². The number of methoxy groups -OCH3 is 1. The maximum absolute atomic E-state index is 12.9. The second-order valence-electron chi connectivity index (χ2n) is 6.61. The molecule has 2 aliphatic rings. The van der Waals surface area contributed by atoms with Gasteiger partial charge in [-0.15, -0.1) is 0 Å². The highest BCUT2D eigenvalue weighted by Crippen LogP contribution is 2.41. The van der Waals surface area contributed by atoms with Gasteiger partial charge in [-0.1, -0.05) is 0 Å². The smallest absolute Gasteiger partial charge is 0.246 e. The van der Waals surface area contributed by atoms with Crippen LogP contribution in [0.4, 0.5) is 0 Å². The SMILES string of the molecule is COCCN1CCC[C@]2(CCN(S(=O)(=O)c3cnn(C)c3)C2)C1=O. The number of amides is 1. The molecule has 24 heavy (non-hydrogen) atoms. The first kappa shape index (κ1) is 17.4. The number of nitrogens with zero attached hydrogens (tertiary/aromatic N) is 4. The minimum absolute atomic E-state index is 0.0645. The minimum atomic E-state index is -3.60. The summed E-state index contributed by atoms with van der Waals surface area (Å²) in [5.74, 6) is 0.0645. The van der Waals surface area contributed by atoms with Crippen molar-refractivity contribution in [3.8, 4) is 0 Å². The van der Waals surface area contributed by atoms with Crippen LogP contribution in [0.25, 0.3) is 0 Å². The third-order valence-electron chi connectivity index (χ3n) is 5.03. The molecule has 9 heteroatoms. The van der Waals surface area contributed by atoms with Gasteiger partial charge < -0.3 is 9.64 Å². The Morgan fingerprint density at radius 1 is 1.33 bits per heavy atom. The molecule has 0 aliphatic carbocycles. The Hall–Kier alpha value is -1.45. The highest BCUT2D eigenvalue weighted by atomic mass is 32.2. The van der Waals surface area contributed by atoms with Gasteiger partial charge >= 0.3 is 0 Å². The van der Waals surface area contributed by atoms with Crippen LogP contribution in [0.2, 0.25) is 0 Å². The van der Waals surface area contributed by atoms with Crippen LogP contribution in [0.1, 0.15) is 19.3 Å². The molecule has 1 spiro atoms. The van der Waals surface area contributed by atoms with Gasteiger partial charge in [0.25, 0.3) is 0 Å². The van der Waals surface area contributed by atoms with Crippen LogP contribution in [0, 0.1) is 5.41 Å². The molecule has 0 bridgehead atoms. The van der Waals surface area contributed by atoms with E-state index >= 15 is 0 Å². The summed E-state index contributed by atoms with van der Waals surface area (Å²) < 4.78 is 33.5. The standard InChI is InChI=1S/C15H24N4O4S/c1-17-11-13(10-16-17)24(21,22)19-7-5-15(12-19)4-3-6-18(14(15)20)8-9-23-2/h10-11H,3-9,12H2,1-2H3/t15-/m1/s1. The molecule has 1 amide bonds. The molecule has 2 fully saturated rings. The van der Waals surface area contributed by atoms with Gasteiger partial charge in [0, 0.05) is 46.5 Å². The first-order valence-electron chi connectivity index (χ1n) is 8.16. The highest BCUT2D eigenvalue weighted by Gasteiger charge is 2.51. The topological polar surface area (TPSA) is 84.7 Å². The summed E-state index contributed by atoms with van der Waals surface area (Å²) in [4.78, 5) is 14.9. The second kappa shape index (κ2) is 6.45. The van der Waals surface area contributed by atoms with Gasteiger partial charge in [-0.25, -0.2) is 8.42 Å². The normalized spacial score (nSPS) is 25.8. The van der Waals surface area contributed by atoms with Gasteiger partial charge in [0.2, 0.25) is 15.9 Å². The Morgan fingerprint density at radius 2 is 2.12 bits per heavy atom. The molecule has 8 nitrogen and oxygen atoms in total. The summed E-state index contributed by atoms with van der Waals surface area (Å²) in [6, 6.07) is 0. The van der Waals surface area contributed by atoms with Crippen molar-refractivity contribution >= 4 is 15.9 Å². The number of carbonyl (C=O) groups is 1. The average Bonchev–Trinajstić information content (AvgIpc) is 3.17. The van der Waals surface area contributed by atoms with Crippen LogP contribution >= 0.6 is 0 Å². The van der Waals surface area contributed by atoms with E-state index in [0.29, 0.717) is 26.1 Å². The fourth-order valence-electron chi connectivity index (χ4n) is 3.67. The second-order valence-corrected chi connectivity index (χ2v) is 8.55. The van der Waals surface area contributed by atoms with Gasteiger partial charge in [0.05, 0.1) is 18.2 Å². The van der Waals surface area contributed by atoms with E-state index in [1.54, 1.807) is 14.2 Å². The Balaban J connectivity index is 1.77. The van der Waals surface area contributed by atoms with E-state index in [9.17, 15) is 13.2 Å². The summed E-state index contributed by atoms with van der Waals surface area (Å²) in [6.07, 6.45) is 5.07. The van der Waals surface area contributed by atoms with Crippen molar-refractivity contribution in [1.82, 2.24) is 19.0 Å². The molecule has 0 N–H and O–H groups in total. The van der Waals surface area contributed by atoms with Crippen molar-refractivity contribution in [3.05, 3.63) is 12.4 Å². The van der Waals surface area contributed by atoms with Crippen molar-refractivity contribution < 1.29 is 17.9 Å². The molecule has 3 rings (SSSR count). The minimum Gasteiger partial charge on any atom is -0.383 e. The zero-order valence-corrected chi connectivity index (χ0v) is 15.0. The van der Waals surface area contributed by atoms with E-state index in [0.717, 1.165) is 19.4 Å². The first-order chi connectivity index (χ1) is 11.4. The monoisotopic (exact) mass is 356 g/mol. The number of likely N-dealkylation sites (tertiary alicyclic amines) is 1. The van der Waals surface area contributed by atoms with Gasteiger partial charge in [0.15, 0.2) is 0 Å². The molecule has 1 aromatic heterocycles. The van der Waals surface area contributed by atoms with Crippen LogP contribution in [-0.4, -0.2) is 73.2 Å². The maximum Gasteiger partial charge on any atom is 0.246 e. The number of ether oxygens (including phenoxy) is 1. The van der Waals surface area contributed by atoms with Gasteiger partial charge in [-0.3, -0.25) is 9.48 Å². The number of hydrogen-bond donors (Lipinski definition) is 0. The molecule has 1 atom stereocenters. The molecule has 2 aliphatic heterocycles. The lowest BCUT2D eigenvalue weighted by Crippen LogP contribution is -2.51. The number of piperidine rings is 1. The third-order valence-corrected chi connectivity index (χ3v) is 6.83. The predicted octanol–water partition coefficient (Wildman–Crippen LogP) is 0.0697. The molecule has 2 saturated heterocycles. The average molecular weight is 356 g/mol. The van der Waals surface area contributed by atoms with Crippen LogP contribution in [-0.2, 0) is 26.6 Å². The molecular formula is C15H24N4O4S. The van der Waals surface area contributed by atoms with Crippen molar-refractivity contribution in [2.24, 2.45) is 12.5 Å². The molecule has 0 radical (unpaired) electrons. The summed E-state index contributed by atoms with van der Waals surface area (Å²) in [5, 5.41) is 3.94. The summed E-state index contributed by atoms with van der Waals surface area (Å²) >= 11 is 0. The Morgan fingerprint density at radius 3 is 2.79 bits per heavy atom. The molecule has 0 aromatic carbocycles. The summed E-state index contributed by atoms with van der Waals surface area (Å²) in [7, 11) is -0.300. The van der Waals surface area contributed by atoms with Crippen LogP contribution in [0.15, 0.2) is 17.3 Å². The predicted molar refractivity (Wildman–Crippen MR) is 86.7 cm³/mol. The quantitative estimate of drug-likeness (QED) is 0.745. The van der Waals surface area contributed by atoms with E-state index < -0.39 is 15.4 Å². The number of aryl methyl sites for hydroxylation is 1. The molecule has 0 unspecified atom stereocenters. The van der Waals surface area contributed by atoms with Crippen LogP contribution in [0.3, 0.4) is 0 Å². The third kappa shape index (κ3) is 2.96. The first-order valence-corrected chi connectivity index (χ1v) is 9.60. The van der Waals surface area contributed by atoms with Gasteiger partial charge in [-0.05, 0) is 19.3 Å². The van der Waals surface area contributed by atoms with Crippen molar-refractivity contribution in [2.75, 3.05) is 39.9 Å². The van der Waals surface area contributed by atoms with E-state index in [-0.39, 0.29) is 17.3 Å². The zero-order valence-electron chi connectivity index (χ0n) is 14.1. The summed E-state index contributed by atoms with van der Waals surface area (Å²) in [5.41, 5.74) is -0.582. The van der Waals surface area contributed by atoms with Gasteiger partial charge in [-0.2, -0.15) is 9.40 Å². The van der Waals surface area contributed by atoms with Crippen LogP contribution in [0.5, 0.6) is 0 Å². The lowest BCUT2D eigenvalue weighted by atomic mass is 9.78. The molecule has 1 aromatic rings. The van der Waals surface area contributed by atoms with Crippen molar-refractivity contribution in [3.63, 3.8) is 0 Å². The highest BCUT2D eigenvalue weighted by molar-refractivity contribution is 7.89. The number of hydrogen-bond acceptors (Lipinski definition) is 5. The largest absolute Gasteiger partial charge is 0.383 e. The molecule has 0 saturated carbocycles. The fourth-order valence-corrected chi connectivity index (χ4v) is 5.18.